The van der Waals surface area contributed by atoms with E-state index in [1.165, 1.54) is 12.5 Å². The lowest BCUT2D eigenvalue weighted by Gasteiger charge is -2.71. The van der Waals surface area contributed by atoms with Crippen LogP contribution in [0.15, 0.2) is 60.2 Å². The van der Waals surface area contributed by atoms with Crippen LogP contribution in [-0.2, 0) is 11.2 Å². The van der Waals surface area contributed by atoms with Gasteiger partial charge in [-0.15, -0.1) is 0 Å². The van der Waals surface area contributed by atoms with Gasteiger partial charge in [0.1, 0.15) is 0 Å². The number of benzene rings is 2. The van der Waals surface area contributed by atoms with Gasteiger partial charge in [-0.1, -0.05) is 52.0 Å². The molecular weight excluding hydrogens is 737 g/mol. The molecule has 2 aromatic rings. The summed E-state index contributed by atoms with van der Waals surface area (Å²) in [7, 11) is 3.18. The highest BCUT2D eigenvalue weighted by molar-refractivity contribution is 6.10. The fourth-order valence-electron chi connectivity index (χ4n) is 14.7. The number of halogens is 2. The van der Waals surface area contributed by atoms with Gasteiger partial charge in [0.2, 0.25) is 5.91 Å². The molecule has 312 valence electrons. The number of aliphatic hydroxyl groups excluding tert-OH is 1. The maximum atomic E-state index is 14.9. The lowest BCUT2D eigenvalue weighted by Crippen LogP contribution is -2.67. The zero-order chi connectivity index (χ0) is 41.2. The van der Waals surface area contributed by atoms with Crippen LogP contribution in [-0.4, -0.2) is 65.8 Å². The van der Waals surface area contributed by atoms with Crippen molar-refractivity contribution in [1.82, 2.24) is 4.90 Å². The second-order valence-corrected chi connectivity index (χ2v) is 20.6. The molecule has 7 nitrogen and oxygen atoms in total. The normalized spacial score (nSPS) is 40.1. The van der Waals surface area contributed by atoms with Gasteiger partial charge in [0.25, 0.3) is 0 Å². The molecule has 0 aromatic heterocycles. The zero-order valence-electron chi connectivity index (χ0n) is 35.1. The first-order chi connectivity index (χ1) is 27.4. The van der Waals surface area contributed by atoms with E-state index in [0.717, 1.165) is 55.7 Å². The minimum absolute atomic E-state index is 0.0267. The molecular formula is C49H61F2NO6. The molecule has 11 rings (SSSR count). The largest absolute Gasteiger partial charge is 0.493 e. The first-order valence-electron chi connectivity index (χ1n) is 21.8. The number of ether oxygens (including phenoxy) is 2. The summed E-state index contributed by atoms with van der Waals surface area (Å²) in [5.41, 5.74) is -1.72. The van der Waals surface area contributed by atoms with Crippen LogP contribution in [0, 0.1) is 68.3 Å². The van der Waals surface area contributed by atoms with Gasteiger partial charge in [-0.2, -0.15) is 0 Å². The van der Waals surface area contributed by atoms with Gasteiger partial charge in [0, 0.05) is 40.5 Å². The highest BCUT2D eigenvalue weighted by Gasteiger charge is 2.74. The Hall–Kier alpha value is -3.56. The first kappa shape index (κ1) is 39.9. The van der Waals surface area contributed by atoms with Crippen molar-refractivity contribution in [3.05, 3.63) is 83.0 Å². The van der Waals surface area contributed by atoms with Crippen LogP contribution in [0.25, 0.3) is 0 Å². The molecule has 9 aliphatic carbocycles. The molecule has 0 saturated heterocycles. The summed E-state index contributed by atoms with van der Waals surface area (Å²) in [5.74, 6) is 0.245. The molecule has 0 radical (unpaired) electrons. The number of hydrogen-bond acceptors (Lipinski definition) is 6. The molecule has 1 unspecified atom stereocenters. The Bertz CT molecular complexity index is 2100. The molecule has 9 heteroatoms. The average molecular weight is 798 g/mol. The molecule has 6 fully saturated rings. The Morgan fingerprint density at radius 2 is 1.57 bits per heavy atom. The van der Waals surface area contributed by atoms with Crippen LogP contribution in [0.5, 0.6) is 11.5 Å². The van der Waals surface area contributed by atoms with E-state index in [2.05, 4.69) is 45.9 Å². The summed E-state index contributed by atoms with van der Waals surface area (Å²) in [5, 5.41) is 24.4. The molecule has 6 saturated carbocycles. The van der Waals surface area contributed by atoms with E-state index in [-0.39, 0.29) is 52.9 Å². The summed E-state index contributed by atoms with van der Waals surface area (Å²) in [6.07, 6.45) is 14.3. The molecule has 1 amide bonds. The van der Waals surface area contributed by atoms with Gasteiger partial charge in [-0.25, -0.2) is 8.78 Å². The van der Waals surface area contributed by atoms with E-state index in [1.54, 1.807) is 14.2 Å². The molecule has 9 aliphatic rings. The van der Waals surface area contributed by atoms with Gasteiger partial charge in [0.15, 0.2) is 28.9 Å². The van der Waals surface area contributed by atoms with Gasteiger partial charge >= 0.3 is 0 Å². The van der Waals surface area contributed by atoms with Crippen LogP contribution < -0.4 is 9.47 Å². The number of amides is 1. The summed E-state index contributed by atoms with van der Waals surface area (Å²) >= 11 is 0. The standard InChI is InChI=1S/C49H61F2NO6/c1-44(2)32-10-8-31(34(44)24-32)27-52(42(54)22-29-7-12-38(57-5)39(21-29)58-6)28-48(56)18-15-41-46(48,4)17-14-40-45(3)16-13-33(53)25-47(45)19-20-49(40,41)35(26-47)43(55)30-9-11-36(50)37(51)23-30/h7,9,11-12,19-21,23,26,31-34,40-41,53,56H,8,10,13-18,22,24-25,27-28H2,1-6H3/t31-,32-,33?,34-,40+,41+,45+,46-,47-,48+,49+/m0/s1. The van der Waals surface area contributed by atoms with E-state index < -0.39 is 39.6 Å². The molecule has 2 N–H and O–H groups in total. The predicted octanol–water partition coefficient (Wildman–Crippen LogP) is 8.90. The highest BCUT2D eigenvalue weighted by atomic mass is 19.2. The fraction of sp³-hybridized carbons (Fsp3) is 0.633. The number of carbonyl (C=O) groups is 2. The molecule has 4 bridgehead atoms. The van der Waals surface area contributed by atoms with Crippen molar-refractivity contribution in [3.63, 3.8) is 0 Å². The van der Waals surface area contributed by atoms with Crippen LogP contribution >= 0.6 is 0 Å². The van der Waals surface area contributed by atoms with Crippen molar-refractivity contribution < 1.29 is 38.1 Å². The lowest BCUT2D eigenvalue weighted by atomic mass is 9.32. The van der Waals surface area contributed by atoms with Crippen LogP contribution in [0.1, 0.15) is 108 Å². The molecule has 0 heterocycles. The fourth-order valence-corrected chi connectivity index (χ4v) is 14.7. The maximum absolute atomic E-state index is 14.9. The van der Waals surface area contributed by atoms with Gasteiger partial charge in [-0.3, -0.25) is 9.59 Å². The number of rotatable bonds is 10. The van der Waals surface area contributed by atoms with Crippen molar-refractivity contribution in [1.29, 1.82) is 0 Å². The van der Waals surface area contributed by atoms with Crippen molar-refractivity contribution in [2.75, 3.05) is 27.3 Å². The van der Waals surface area contributed by atoms with E-state index in [4.69, 9.17) is 9.47 Å². The van der Waals surface area contributed by atoms with Crippen molar-refractivity contribution in [3.8, 4) is 11.5 Å². The van der Waals surface area contributed by atoms with Crippen LogP contribution in [0.3, 0.4) is 0 Å². The minimum atomic E-state index is -1.24. The maximum Gasteiger partial charge on any atom is 0.227 e. The van der Waals surface area contributed by atoms with Crippen LogP contribution in [0.2, 0.25) is 0 Å². The van der Waals surface area contributed by atoms with Crippen LogP contribution in [0.4, 0.5) is 8.78 Å². The van der Waals surface area contributed by atoms with Crippen molar-refractivity contribution in [2.45, 2.75) is 110 Å². The number of Topliss-reactive ketones (excluding diaryl/α,β-unsaturated/α-hetero) is 1. The summed E-state index contributed by atoms with van der Waals surface area (Å²) < 4.78 is 40.0. The molecule has 0 aliphatic heterocycles. The molecule has 11 atom stereocenters. The topological polar surface area (TPSA) is 96.3 Å². The molecule has 2 spiro atoms. The van der Waals surface area contributed by atoms with Gasteiger partial charge in [-0.05, 0) is 141 Å². The van der Waals surface area contributed by atoms with Gasteiger partial charge < -0.3 is 24.6 Å². The minimum Gasteiger partial charge on any atom is -0.493 e. The number of fused-ring (bicyclic) bond motifs is 3. The number of methoxy groups -OCH3 is 2. The summed E-state index contributed by atoms with van der Waals surface area (Å²) in [6, 6.07) is 8.99. The second-order valence-electron chi connectivity index (χ2n) is 20.6. The third-order valence-corrected chi connectivity index (χ3v) is 18.2. The Kier molecular flexibility index (Phi) is 9.26. The van der Waals surface area contributed by atoms with Crippen molar-refractivity contribution in [2.24, 2.45) is 56.7 Å². The van der Waals surface area contributed by atoms with E-state index >= 15 is 0 Å². The lowest BCUT2D eigenvalue weighted by molar-refractivity contribution is -0.180. The second kappa shape index (κ2) is 13.5. The predicted molar refractivity (Wildman–Crippen MR) is 217 cm³/mol. The Balaban J connectivity index is 1.09. The molecule has 58 heavy (non-hydrogen) atoms. The van der Waals surface area contributed by atoms with E-state index in [1.807, 2.05) is 23.1 Å². The van der Waals surface area contributed by atoms with E-state index in [9.17, 15) is 28.6 Å². The first-order valence-corrected chi connectivity index (χ1v) is 21.8. The SMILES string of the molecule is COc1ccc(CC(=O)N(C[C@@H]2CC[C@H]3C[C@@H]2C3(C)C)C[C@]2(O)CC[C@H]3[C@]45C=C[C@@]6(C=C4C(=O)c4ccc(F)c(F)c4)CC(O)CC[C@]6(C)[C@H]5CC[C@@]32C)cc1OC. The third kappa shape index (κ3) is 5.46. The Morgan fingerprint density at radius 3 is 2.28 bits per heavy atom. The molecule has 2 aromatic carbocycles. The summed E-state index contributed by atoms with van der Waals surface area (Å²) in [6.45, 7) is 10.0. The Morgan fingerprint density at radius 1 is 0.845 bits per heavy atom. The Labute approximate surface area is 342 Å². The number of hydrogen-bond donors (Lipinski definition) is 2. The number of carbonyl (C=O) groups excluding carboxylic acids is 2. The van der Waals surface area contributed by atoms with E-state index in [0.29, 0.717) is 61.1 Å². The average Bonchev–Trinajstić information content (AvgIpc) is 3.47. The third-order valence-electron chi connectivity index (χ3n) is 18.2. The number of nitrogens with zero attached hydrogens (tertiary/aromatic N) is 1. The highest BCUT2D eigenvalue weighted by Crippen LogP contribution is 2.78. The quantitative estimate of drug-likeness (QED) is 0.184. The number of ketones is 1. The van der Waals surface area contributed by atoms with Crippen molar-refractivity contribution >= 4 is 11.7 Å². The smallest absolute Gasteiger partial charge is 0.227 e. The zero-order valence-corrected chi connectivity index (χ0v) is 35.1. The monoisotopic (exact) mass is 797 g/mol. The number of aliphatic hydroxyl groups is 2. The summed E-state index contributed by atoms with van der Waals surface area (Å²) in [4.78, 5) is 31.6. The number of allylic oxidation sites excluding steroid dienone is 4. The van der Waals surface area contributed by atoms with Gasteiger partial charge in [0.05, 0.1) is 32.3 Å².